The van der Waals surface area contributed by atoms with Crippen LogP contribution in [0.1, 0.15) is 16.7 Å². The van der Waals surface area contributed by atoms with E-state index in [2.05, 4.69) is 31.9 Å². The van der Waals surface area contributed by atoms with E-state index >= 15 is 0 Å². The van der Waals surface area contributed by atoms with Crippen molar-refractivity contribution in [3.8, 4) is 11.5 Å². The van der Waals surface area contributed by atoms with Crippen LogP contribution in [0.2, 0.25) is 5.02 Å². The number of benzene rings is 2. The molecule has 0 atom stereocenters. The topological polar surface area (TPSA) is 35.5 Å². The lowest BCUT2D eigenvalue weighted by molar-refractivity contribution is -0.136. The van der Waals surface area contributed by atoms with Crippen LogP contribution in [0, 0.1) is 20.8 Å². The molecule has 0 spiro atoms. The van der Waals surface area contributed by atoms with Crippen molar-refractivity contribution in [2.45, 2.75) is 20.8 Å². The largest absolute Gasteiger partial charge is 0.480 e. The summed E-state index contributed by atoms with van der Waals surface area (Å²) in [5.41, 5.74) is 2.64. The molecule has 0 fully saturated rings. The van der Waals surface area contributed by atoms with Gasteiger partial charge in [-0.2, -0.15) is 0 Å². The first-order valence-electron chi connectivity index (χ1n) is 6.84. The Morgan fingerprint density at radius 2 is 1.65 bits per heavy atom. The van der Waals surface area contributed by atoms with E-state index in [0.29, 0.717) is 16.5 Å². The molecule has 0 N–H and O–H groups in total. The van der Waals surface area contributed by atoms with Gasteiger partial charge in [0.15, 0.2) is 6.61 Å². The van der Waals surface area contributed by atoms with Gasteiger partial charge in [-0.3, -0.25) is 0 Å². The summed E-state index contributed by atoms with van der Waals surface area (Å²) >= 11 is 12.9. The van der Waals surface area contributed by atoms with Gasteiger partial charge in [0.2, 0.25) is 0 Å². The number of halogens is 3. The fourth-order valence-electron chi connectivity index (χ4n) is 2.13. The minimum atomic E-state index is -0.472. The highest BCUT2D eigenvalue weighted by Gasteiger charge is 2.12. The number of rotatable bonds is 4. The van der Waals surface area contributed by atoms with E-state index in [1.165, 1.54) is 0 Å². The van der Waals surface area contributed by atoms with Crippen molar-refractivity contribution in [3.63, 3.8) is 0 Å². The third-order valence-corrected chi connectivity index (χ3v) is 4.81. The highest BCUT2D eigenvalue weighted by atomic mass is 79.9. The Hall–Kier alpha value is -1.04. The van der Waals surface area contributed by atoms with Crippen LogP contribution in [0.5, 0.6) is 11.5 Å². The maximum absolute atomic E-state index is 12.0. The van der Waals surface area contributed by atoms with E-state index in [1.54, 1.807) is 12.1 Å². The van der Waals surface area contributed by atoms with Crippen LogP contribution in [0.3, 0.4) is 0 Å². The molecule has 3 nitrogen and oxygen atoms in total. The predicted octanol–water partition coefficient (Wildman–Crippen LogP) is 5.77. The first kappa shape index (κ1) is 18.3. The van der Waals surface area contributed by atoms with Crippen molar-refractivity contribution < 1.29 is 14.3 Å². The van der Waals surface area contributed by atoms with Crippen LogP contribution in [-0.2, 0) is 4.79 Å². The second-order valence-electron chi connectivity index (χ2n) is 5.17. The average Bonchev–Trinajstić information content (AvgIpc) is 2.43. The molecule has 0 unspecified atom stereocenters. The second kappa shape index (κ2) is 7.69. The fraction of sp³-hybridized carbons (Fsp3) is 0.235. The van der Waals surface area contributed by atoms with Gasteiger partial charge < -0.3 is 9.47 Å². The lowest BCUT2D eigenvalue weighted by atomic mass is 10.1. The Labute approximate surface area is 157 Å². The van der Waals surface area contributed by atoms with Gasteiger partial charge in [0.05, 0.1) is 4.47 Å². The number of carbonyl (C=O) groups excluding carboxylic acids is 1. The van der Waals surface area contributed by atoms with Gasteiger partial charge in [0, 0.05) is 9.50 Å². The summed E-state index contributed by atoms with van der Waals surface area (Å²) in [6, 6.07) is 7.24. The van der Waals surface area contributed by atoms with E-state index in [1.807, 2.05) is 32.9 Å². The Kier molecular flexibility index (Phi) is 6.12. The SMILES string of the molecule is Cc1cc(OC(=O)COc2c(C)cc(Br)cc2Br)cc(C)c1Cl. The fourth-order valence-corrected chi connectivity index (χ4v) is 3.79. The molecule has 0 aromatic heterocycles. The summed E-state index contributed by atoms with van der Waals surface area (Å²) in [6.45, 7) is 5.46. The first-order valence-corrected chi connectivity index (χ1v) is 8.80. The Balaban J connectivity index is 2.04. The minimum Gasteiger partial charge on any atom is -0.480 e. The van der Waals surface area contributed by atoms with Crippen molar-refractivity contribution in [3.05, 3.63) is 54.9 Å². The lowest BCUT2D eigenvalue weighted by Gasteiger charge is -2.12. The highest BCUT2D eigenvalue weighted by Crippen LogP contribution is 2.32. The van der Waals surface area contributed by atoms with Crippen LogP contribution < -0.4 is 9.47 Å². The van der Waals surface area contributed by atoms with Crippen molar-refractivity contribution in [2.75, 3.05) is 6.61 Å². The molecule has 2 aromatic rings. The van der Waals surface area contributed by atoms with Gasteiger partial charge in [-0.25, -0.2) is 4.79 Å². The van der Waals surface area contributed by atoms with E-state index in [-0.39, 0.29) is 6.61 Å². The maximum Gasteiger partial charge on any atom is 0.349 e. The molecule has 0 amide bonds. The smallest absolute Gasteiger partial charge is 0.349 e. The number of aryl methyl sites for hydroxylation is 3. The number of esters is 1. The zero-order valence-corrected chi connectivity index (χ0v) is 16.8. The Morgan fingerprint density at radius 3 is 2.22 bits per heavy atom. The molecular weight excluding hydrogens is 447 g/mol. The van der Waals surface area contributed by atoms with Gasteiger partial charge in [-0.15, -0.1) is 0 Å². The van der Waals surface area contributed by atoms with E-state index in [4.69, 9.17) is 21.1 Å². The molecule has 0 radical (unpaired) electrons. The minimum absolute atomic E-state index is 0.179. The molecule has 0 bridgehead atoms. The maximum atomic E-state index is 12.0. The molecule has 0 aliphatic rings. The van der Waals surface area contributed by atoms with Crippen LogP contribution in [-0.4, -0.2) is 12.6 Å². The van der Waals surface area contributed by atoms with E-state index in [0.717, 1.165) is 25.6 Å². The second-order valence-corrected chi connectivity index (χ2v) is 7.32. The molecule has 0 aliphatic heterocycles. The van der Waals surface area contributed by atoms with E-state index in [9.17, 15) is 4.79 Å². The molecule has 0 saturated heterocycles. The summed E-state index contributed by atoms with van der Waals surface area (Å²) in [4.78, 5) is 12.0. The summed E-state index contributed by atoms with van der Waals surface area (Å²) in [6.07, 6.45) is 0. The summed E-state index contributed by atoms with van der Waals surface area (Å²) in [7, 11) is 0. The van der Waals surface area contributed by atoms with E-state index < -0.39 is 5.97 Å². The van der Waals surface area contributed by atoms with Gasteiger partial charge in [0.25, 0.3) is 0 Å². The Bertz CT molecular complexity index is 713. The van der Waals surface area contributed by atoms with Crippen molar-refractivity contribution in [1.29, 1.82) is 0 Å². The third kappa shape index (κ3) is 4.72. The van der Waals surface area contributed by atoms with Gasteiger partial charge in [-0.05, 0) is 77.7 Å². The molecule has 6 heteroatoms. The molecule has 23 heavy (non-hydrogen) atoms. The average molecular weight is 463 g/mol. The normalized spacial score (nSPS) is 10.5. The molecule has 0 heterocycles. The summed E-state index contributed by atoms with van der Waals surface area (Å²) < 4.78 is 12.6. The van der Waals surface area contributed by atoms with Gasteiger partial charge in [0.1, 0.15) is 11.5 Å². The molecular formula is C17H15Br2ClO3. The predicted molar refractivity (Wildman–Crippen MR) is 98.6 cm³/mol. The van der Waals surface area contributed by atoms with Crippen molar-refractivity contribution in [1.82, 2.24) is 0 Å². The van der Waals surface area contributed by atoms with Crippen LogP contribution in [0.25, 0.3) is 0 Å². The van der Waals surface area contributed by atoms with Crippen LogP contribution in [0.4, 0.5) is 0 Å². The number of hydrogen-bond donors (Lipinski definition) is 0. The standard InChI is InChI=1S/C17H15Br2ClO3/c1-9-5-13(6-10(2)16(9)20)23-15(21)8-22-17-11(3)4-12(18)7-14(17)19/h4-7H,8H2,1-3H3. The highest BCUT2D eigenvalue weighted by molar-refractivity contribution is 9.11. The van der Waals surface area contributed by atoms with Crippen molar-refractivity contribution >= 4 is 49.4 Å². The third-order valence-electron chi connectivity index (χ3n) is 3.17. The molecule has 2 rings (SSSR count). The monoisotopic (exact) mass is 460 g/mol. The van der Waals surface area contributed by atoms with Gasteiger partial charge >= 0.3 is 5.97 Å². The zero-order chi connectivity index (χ0) is 17.1. The molecule has 0 saturated carbocycles. The molecule has 2 aromatic carbocycles. The number of ether oxygens (including phenoxy) is 2. The number of hydrogen-bond acceptors (Lipinski definition) is 3. The summed E-state index contributed by atoms with van der Waals surface area (Å²) in [5, 5.41) is 0.676. The van der Waals surface area contributed by atoms with Crippen molar-refractivity contribution in [2.24, 2.45) is 0 Å². The Morgan fingerprint density at radius 1 is 1.04 bits per heavy atom. The van der Waals surface area contributed by atoms with Gasteiger partial charge in [-0.1, -0.05) is 27.5 Å². The summed E-state index contributed by atoms with van der Waals surface area (Å²) in [5.74, 6) is 0.610. The molecule has 0 aliphatic carbocycles. The molecule has 122 valence electrons. The van der Waals surface area contributed by atoms with Crippen LogP contribution in [0.15, 0.2) is 33.2 Å². The zero-order valence-electron chi connectivity index (χ0n) is 12.9. The van der Waals surface area contributed by atoms with Crippen LogP contribution >= 0.6 is 43.5 Å². The first-order chi connectivity index (χ1) is 10.8. The quantitative estimate of drug-likeness (QED) is 0.427. The lowest BCUT2D eigenvalue weighted by Crippen LogP contribution is -2.18. The number of carbonyl (C=O) groups is 1.